The van der Waals surface area contributed by atoms with E-state index in [4.69, 9.17) is 5.11 Å². The van der Waals surface area contributed by atoms with Gasteiger partial charge in [0.2, 0.25) is 0 Å². The summed E-state index contributed by atoms with van der Waals surface area (Å²) in [5.41, 5.74) is 5.07. The average molecular weight is 486 g/mol. The maximum absolute atomic E-state index is 12.8. The number of nitrogens with one attached hydrogen (secondary N) is 1. The molecule has 1 atom stereocenters. The fourth-order valence-electron chi connectivity index (χ4n) is 5.37. The van der Waals surface area contributed by atoms with Crippen LogP contribution in [0, 0.1) is 0 Å². The third-order valence-corrected chi connectivity index (χ3v) is 7.55. The molecule has 0 saturated carbocycles. The Morgan fingerprint density at radius 2 is 1.83 bits per heavy atom. The first-order valence-electron chi connectivity index (χ1n) is 12.3. The van der Waals surface area contributed by atoms with Crippen molar-refractivity contribution in [3.8, 4) is 5.69 Å². The van der Waals surface area contributed by atoms with Crippen LogP contribution in [0.3, 0.4) is 0 Å². The van der Waals surface area contributed by atoms with Crippen LogP contribution in [0.1, 0.15) is 53.3 Å². The maximum Gasteiger partial charge on any atom is 0.335 e. The molecule has 8 heteroatoms. The van der Waals surface area contributed by atoms with Crippen LogP contribution < -0.4 is 10.9 Å². The highest BCUT2D eigenvalue weighted by Gasteiger charge is 2.27. The number of likely N-dealkylation sites (tertiary alicyclic amines) is 1. The zero-order chi connectivity index (χ0) is 25.4. The van der Waals surface area contributed by atoms with Gasteiger partial charge in [0.15, 0.2) is 0 Å². The summed E-state index contributed by atoms with van der Waals surface area (Å²) < 4.78 is 3.80. The fourth-order valence-corrected chi connectivity index (χ4v) is 5.37. The number of nitrogens with zero attached hydrogens (tertiary/aromatic N) is 4. The Labute approximate surface area is 209 Å². The van der Waals surface area contributed by atoms with Crippen molar-refractivity contribution in [2.24, 2.45) is 7.05 Å². The lowest BCUT2D eigenvalue weighted by molar-refractivity contribution is 0.0697. The van der Waals surface area contributed by atoms with Crippen LogP contribution in [0.4, 0.5) is 5.69 Å². The van der Waals surface area contributed by atoms with Crippen molar-refractivity contribution in [1.82, 2.24) is 19.0 Å². The predicted molar refractivity (Wildman–Crippen MR) is 141 cm³/mol. The first kappa shape index (κ1) is 23.8. The molecule has 1 saturated heterocycles. The Morgan fingerprint density at radius 1 is 1.11 bits per heavy atom. The van der Waals surface area contributed by atoms with Gasteiger partial charge in [-0.2, -0.15) is 0 Å². The number of piperidine rings is 1. The van der Waals surface area contributed by atoms with E-state index in [9.17, 15) is 9.59 Å². The molecule has 1 aliphatic heterocycles. The minimum Gasteiger partial charge on any atom is -0.478 e. The molecular formula is C28H31N5O3. The van der Waals surface area contributed by atoms with Crippen molar-refractivity contribution >= 4 is 22.7 Å². The Kier molecular flexibility index (Phi) is 6.36. The van der Waals surface area contributed by atoms with Gasteiger partial charge < -0.3 is 15.0 Å². The Morgan fingerprint density at radius 3 is 2.47 bits per heavy atom. The molecule has 1 aromatic carbocycles. The van der Waals surface area contributed by atoms with Crippen LogP contribution in [0.5, 0.6) is 0 Å². The molecule has 36 heavy (non-hydrogen) atoms. The monoisotopic (exact) mass is 485 g/mol. The fraction of sp³-hybridized carbons (Fsp3) is 0.321. The number of carbonyl (C=O) groups is 1. The van der Waals surface area contributed by atoms with Crippen LogP contribution in [-0.2, 0) is 7.05 Å². The molecule has 2 N–H and O–H groups in total. The summed E-state index contributed by atoms with van der Waals surface area (Å²) >= 11 is 0. The predicted octanol–water partition coefficient (Wildman–Crippen LogP) is 4.40. The summed E-state index contributed by atoms with van der Waals surface area (Å²) in [5.74, 6) is -0.456. The number of anilines is 1. The number of fused-ring (bicyclic) bond motifs is 1. The Bertz CT molecular complexity index is 1460. The van der Waals surface area contributed by atoms with Crippen molar-refractivity contribution < 1.29 is 9.90 Å². The molecule has 8 nitrogen and oxygen atoms in total. The summed E-state index contributed by atoms with van der Waals surface area (Å²) in [6, 6.07) is 15.0. The van der Waals surface area contributed by atoms with E-state index in [-0.39, 0.29) is 11.6 Å². The van der Waals surface area contributed by atoms with Crippen molar-refractivity contribution in [1.29, 1.82) is 0 Å². The number of carboxylic acids is 1. The second-order valence-corrected chi connectivity index (χ2v) is 9.48. The number of benzene rings is 1. The van der Waals surface area contributed by atoms with Crippen LogP contribution in [0.15, 0.2) is 65.7 Å². The normalized spacial score (nSPS) is 15.8. The highest BCUT2D eigenvalue weighted by Crippen LogP contribution is 2.34. The van der Waals surface area contributed by atoms with Crippen LogP contribution >= 0.6 is 0 Å². The number of aromatic nitrogens is 3. The van der Waals surface area contributed by atoms with Gasteiger partial charge in [-0.3, -0.25) is 14.3 Å². The smallest absolute Gasteiger partial charge is 0.335 e. The SMILES string of the molecule is CNc1ccn(-c2ccnc3c2cc([C@H](C)N2CCC(c4ccc(C(=O)O)cc4)CC2)n3C)c(=O)c1. The molecule has 4 heterocycles. The highest BCUT2D eigenvalue weighted by molar-refractivity contribution is 5.87. The minimum absolute atomic E-state index is 0.0914. The molecular weight excluding hydrogens is 454 g/mol. The molecule has 5 rings (SSSR count). The zero-order valence-electron chi connectivity index (χ0n) is 20.8. The summed E-state index contributed by atoms with van der Waals surface area (Å²) in [6.45, 7) is 4.14. The molecule has 0 radical (unpaired) electrons. The van der Waals surface area contributed by atoms with Crippen molar-refractivity contribution in [3.63, 3.8) is 0 Å². The molecule has 0 aliphatic carbocycles. The summed E-state index contributed by atoms with van der Waals surface area (Å²) in [7, 11) is 3.83. The van der Waals surface area contributed by atoms with E-state index in [1.54, 1.807) is 42.2 Å². The van der Waals surface area contributed by atoms with E-state index < -0.39 is 5.97 Å². The van der Waals surface area contributed by atoms with E-state index in [2.05, 4.69) is 32.8 Å². The van der Waals surface area contributed by atoms with Gasteiger partial charge in [0.25, 0.3) is 5.56 Å². The van der Waals surface area contributed by atoms with E-state index >= 15 is 0 Å². The largest absolute Gasteiger partial charge is 0.478 e. The number of rotatable bonds is 6. The number of pyridine rings is 2. The topological polar surface area (TPSA) is 92.4 Å². The number of carboxylic acid groups (broad SMARTS) is 1. The molecule has 4 aromatic rings. The van der Waals surface area contributed by atoms with Gasteiger partial charge >= 0.3 is 5.97 Å². The van der Waals surface area contributed by atoms with Gasteiger partial charge in [-0.05, 0) is 74.7 Å². The molecule has 186 valence electrons. The van der Waals surface area contributed by atoms with Gasteiger partial charge in [0.1, 0.15) is 5.65 Å². The van der Waals surface area contributed by atoms with Gasteiger partial charge in [-0.15, -0.1) is 0 Å². The van der Waals surface area contributed by atoms with Crippen molar-refractivity contribution in [2.45, 2.75) is 31.7 Å². The Hall–Kier alpha value is -3.91. The summed E-state index contributed by atoms with van der Waals surface area (Å²) in [4.78, 5) is 31.0. The average Bonchev–Trinajstić information content (AvgIpc) is 3.25. The second kappa shape index (κ2) is 9.62. The maximum atomic E-state index is 12.8. The quantitative estimate of drug-likeness (QED) is 0.421. The molecule has 1 aliphatic rings. The lowest BCUT2D eigenvalue weighted by Crippen LogP contribution is -2.35. The molecule has 0 bridgehead atoms. The number of aromatic carboxylic acids is 1. The molecule has 3 aromatic heterocycles. The van der Waals surface area contributed by atoms with E-state index in [1.165, 1.54) is 5.56 Å². The van der Waals surface area contributed by atoms with Crippen molar-refractivity contribution in [2.75, 3.05) is 25.5 Å². The minimum atomic E-state index is -0.891. The molecule has 0 unspecified atom stereocenters. The van der Waals surface area contributed by atoms with Crippen molar-refractivity contribution in [3.05, 3.63) is 88.1 Å². The summed E-state index contributed by atoms with van der Waals surface area (Å²) in [6.07, 6.45) is 5.60. The molecule has 0 spiro atoms. The van der Waals surface area contributed by atoms with Crippen LogP contribution in [-0.4, -0.2) is 50.2 Å². The Balaban J connectivity index is 1.37. The first-order chi connectivity index (χ1) is 17.4. The van der Waals surface area contributed by atoms with E-state index in [0.717, 1.165) is 54.0 Å². The number of hydrogen-bond acceptors (Lipinski definition) is 5. The number of hydrogen-bond donors (Lipinski definition) is 2. The zero-order valence-corrected chi connectivity index (χ0v) is 20.8. The number of aryl methyl sites for hydroxylation is 1. The highest BCUT2D eigenvalue weighted by atomic mass is 16.4. The lowest BCUT2D eigenvalue weighted by Gasteiger charge is -2.36. The molecule has 1 fully saturated rings. The first-order valence-corrected chi connectivity index (χ1v) is 12.3. The third-order valence-electron chi connectivity index (χ3n) is 7.55. The second-order valence-electron chi connectivity index (χ2n) is 9.48. The van der Waals surface area contributed by atoms with E-state index in [1.807, 2.05) is 31.3 Å². The molecule has 0 amide bonds. The van der Waals surface area contributed by atoms with Gasteiger partial charge in [-0.1, -0.05) is 12.1 Å². The summed E-state index contributed by atoms with van der Waals surface area (Å²) in [5, 5.41) is 13.1. The van der Waals surface area contributed by atoms with Crippen LogP contribution in [0.25, 0.3) is 16.7 Å². The van der Waals surface area contributed by atoms with Gasteiger partial charge in [0.05, 0.1) is 11.3 Å². The van der Waals surface area contributed by atoms with E-state index in [0.29, 0.717) is 11.5 Å². The van der Waals surface area contributed by atoms with Gasteiger partial charge in [0, 0.05) is 55.4 Å². The lowest BCUT2D eigenvalue weighted by atomic mass is 9.88. The standard InChI is InChI=1S/C28H31N5O3/c1-18(32-13-9-20(10-14-32)19-4-6-21(7-5-19)28(35)36)25-17-23-24(8-12-30-27(23)31(25)3)33-15-11-22(29-2)16-26(33)34/h4-8,11-12,15-18,20,29H,9-10,13-14H2,1-3H3,(H,35,36)/t18-/m0/s1. The van der Waals surface area contributed by atoms with Gasteiger partial charge in [-0.25, -0.2) is 9.78 Å². The third kappa shape index (κ3) is 4.28. The van der Waals surface area contributed by atoms with Crippen LogP contribution in [0.2, 0.25) is 0 Å².